The van der Waals surface area contributed by atoms with Gasteiger partial charge < -0.3 is 4.74 Å². The molecule has 104 valence electrons. The zero-order valence-corrected chi connectivity index (χ0v) is 11.5. The van der Waals surface area contributed by atoms with E-state index in [2.05, 4.69) is 25.7 Å². The van der Waals surface area contributed by atoms with Crippen LogP contribution in [0, 0.1) is 0 Å². The molecule has 19 heavy (non-hydrogen) atoms. The number of nitrogens with one attached hydrogen (secondary N) is 1. The molecule has 0 aromatic heterocycles. The maximum Gasteiger partial charge on any atom is 0.274 e. The van der Waals surface area contributed by atoms with E-state index in [9.17, 15) is 4.79 Å². The Labute approximate surface area is 113 Å². The van der Waals surface area contributed by atoms with Crippen molar-refractivity contribution in [1.29, 1.82) is 0 Å². The first-order valence-electron chi connectivity index (χ1n) is 6.49. The van der Waals surface area contributed by atoms with Gasteiger partial charge in [-0.05, 0) is 32.9 Å². The average Bonchev–Trinajstić information content (AvgIpc) is 2.57. The lowest BCUT2D eigenvalue weighted by Gasteiger charge is -2.29. The summed E-state index contributed by atoms with van der Waals surface area (Å²) in [4.78, 5) is 13.8. The summed E-state index contributed by atoms with van der Waals surface area (Å²) >= 11 is 0. The van der Waals surface area contributed by atoms with E-state index < -0.39 is 5.91 Å². The Balaban J connectivity index is 2.30. The fourth-order valence-electron chi connectivity index (χ4n) is 2.38. The first-order chi connectivity index (χ1) is 9.02. The van der Waals surface area contributed by atoms with Gasteiger partial charge >= 0.3 is 0 Å². The van der Waals surface area contributed by atoms with Gasteiger partial charge in [-0.2, -0.15) is 0 Å². The van der Waals surface area contributed by atoms with Crippen LogP contribution in [-0.2, 0) is 6.54 Å². The Kier molecular flexibility index (Phi) is 4.07. The van der Waals surface area contributed by atoms with Crippen LogP contribution in [0.25, 0.3) is 0 Å². The summed E-state index contributed by atoms with van der Waals surface area (Å²) in [5.41, 5.74) is 3.09. The molecule has 0 saturated carbocycles. The number of nitrogens with zero attached hydrogens (tertiary/aromatic N) is 1. The Morgan fingerprint density at radius 3 is 2.89 bits per heavy atom. The van der Waals surface area contributed by atoms with Crippen LogP contribution in [0.15, 0.2) is 18.2 Å². The lowest BCUT2D eigenvalue weighted by Crippen LogP contribution is -2.39. The van der Waals surface area contributed by atoms with Crippen LogP contribution in [0.5, 0.6) is 5.75 Å². The summed E-state index contributed by atoms with van der Waals surface area (Å²) in [6.45, 7) is 7.85. The van der Waals surface area contributed by atoms with Crippen molar-refractivity contribution in [2.45, 2.75) is 39.4 Å². The Morgan fingerprint density at radius 2 is 2.26 bits per heavy atom. The van der Waals surface area contributed by atoms with E-state index >= 15 is 0 Å². The third kappa shape index (κ3) is 2.88. The number of fused-ring (bicyclic) bond motifs is 1. The maximum atomic E-state index is 11.4. The molecular weight excluding hydrogens is 244 g/mol. The fraction of sp³-hybridized carbons (Fsp3) is 0.500. The van der Waals surface area contributed by atoms with Crippen molar-refractivity contribution in [1.82, 2.24) is 10.4 Å². The molecule has 1 amide bonds. The molecule has 0 aliphatic carbocycles. The van der Waals surface area contributed by atoms with E-state index in [0.717, 1.165) is 17.9 Å². The number of carbonyl (C=O) groups is 1. The predicted octanol–water partition coefficient (Wildman–Crippen LogP) is 1.80. The van der Waals surface area contributed by atoms with Crippen molar-refractivity contribution < 1.29 is 14.7 Å². The molecule has 0 saturated heterocycles. The third-order valence-electron chi connectivity index (χ3n) is 3.49. The van der Waals surface area contributed by atoms with Gasteiger partial charge in [-0.15, -0.1) is 0 Å². The van der Waals surface area contributed by atoms with Gasteiger partial charge in [-0.1, -0.05) is 6.07 Å². The molecule has 2 N–H and O–H groups in total. The molecular formula is C14H20N2O3. The molecule has 0 fully saturated rings. The average molecular weight is 264 g/mol. The van der Waals surface area contributed by atoms with Crippen LogP contribution < -0.4 is 10.2 Å². The first kappa shape index (κ1) is 13.8. The number of hydrogen-bond donors (Lipinski definition) is 2. The number of rotatable bonds is 2. The quantitative estimate of drug-likeness (QED) is 0.631. The molecule has 1 aromatic carbocycles. The summed E-state index contributed by atoms with van der Waals surface area (Å²) in [5, 5.41) is 8.66. The highest BCUT2D eigenvalue weighted by atomic mass is 16.5. The summed E-state index contributed by atoms with van der Waals surface area (Å²) < 4.78 is 5.77. The fourth-order valence-corrected chi connectivity index (χ4v) is 2.38. The van der Waals surface area contributed by atoms with Gasteiger partial charge in [0.1, 0.15) is 12.4 Å². The third-order valence-corrected chi connectivity index (χ3v) is 3.49. The molecule has 0 bridgehead atoms. The standard InChI is InChI=1S/C14H20N2O3/c1-9(2)16-7-12-5-4-11(14(17)15-18)6-13(12)19-8-10(16)3/h4-6,9-10,18H,7-8H2,1-3H3,(H,15,17). The number of amides is 1. The zero-order chi connectivity index (χ0) is 14.0. The highest BCUT2D eigenvalue weighted by molar-refractivity contribution is 5.93. The maximum absolute atomic E-state index is 11.4. The van der Waals surface area contributed by atoms with Crippen molar-refractivity contribution in [3.05, 3.63) is 29.3 Å². The number of hydroxylamine groups is 1. The molecule has 5 heteroatoms. The van der Waals surface area contributed by atoms with Crippen LogP contribution in [0.3, 0.4) is 0 Å². The molecule has 1 heterocycles. The minimum Gasteiger partial charge on any atom is -0.492 e. The molecule has 1 unspecified atom stereocenters. The second-order valence-corrected chi connectivity index (χ2v) is 5.19. The highest BCUT2D eigenvalue weighted by Gasteiger charge is 2.24. The number of benzene rings is 1. The predicted molar refractivity (Wildman–Crippen MR) is 71.3 cm³/mol. The number of carbonyl (C=O) groups excluding carboxylic acids is 1. The van der Waals surface area contributed by atoms with E-state index in [4.69, 9.17) is 9.94 Å². The molecule has 0 spiro atoms. The molecule has 5 nitrogen and oxygen atoms in total. The van der Waals surface area contributed by atoms with Crippen molar-refractivity contribution in [2.24, 2.45) is 0 Å². The van der Waals surface area contributed by atoms with E-state index in [1.54, 1.807) is 17.6 Å². The van der Waals surface area contributed by atoms with Crippen LogP contribution in [0.2, 0.25) is 0 Å². The molecule has 2 rings (SSSR count). The summed E-state index contributed by atoms with van der Waals surface area (Å²) in [7, 11) is 0. The Hall–Kier alpha value is -1.59. The lowest BCUT2D eigenvalue weighted by atomic mass is 10.1. The van der Waals surface area contributed by atoms with Crippen molar-refractivity contribution in [3.8, 4) is 5.75 Å². The van der Waals surface area contributed by atoms with Crippen LogP contribution >= 0.6 is 0 Å². The molecule has 1 aliphatic heterocycles. The summed E-state index contributed by atoms with van der Waals surface area (Å²) in [5.74, 6) is 0.195. The molecule has 0 radical (unpaired) electrons. The van der Waals surface area contributed by atoms with Gasteiger partial charge in [0.15, 0.2) is 0 Å². The monoisotopic (exact) mass is 264 g/mol. The van der Waals surface area contributed by atoms with Crippen LogP contribution in [0.1, 0.15) is 36.7 Å². The van der Waals surface area contributed by atoms with Gasteiger partial charge in [0.2, 0.25) is 0 Å². The van der Waals surface area contributed by atoms with Gasteiger partial charge in [-0.3, -0.25) is 14.9 Å². The molecule has 1 aromatic rings. The first-order valence-corrected chi connectivity index (χ1v) is 6.49. The number of ether oxygens (including phenoxy) is 1. The van der Waals surface area contributed by atoms with Gasteiger partial charge in [0.05, 0.1) is 0 Å². The SMILES string of the molecule is CC(C)N1Cc2ccc(C(=O)NO)cc2OCC1C. The van der Waals surface area contributed by atoms with Gasteiger partial charge in [0.25, 0.3) is 5.91 Å². The van der Waals surface area contributed by atoms with Crippen molar-refractivity contribution in [2.75, 3.05) is 6.61 Å². The molecule has 1 aliphatic rings. The number of hydrogen-bond acceptors (Lipinski definition) is 4. The van der Waals surface area contributed by atoms with Crippen LogP contribution in [-0.4, -0.2) is 34.7 Å². The summed E-state index contributed by atoms with van der Waals surface area (Å²) in [6, 6.07) is 6.01. The zero-order valence-electron chi connectivity index (χ0n) is 11.5. The lowest BCUT2D eigenvalue weighted by molar-refractivity contribution is 0.0706. The van der Waals surface area contributed by atoms with E-state index in [0.29, 0.717) is 24.3 Å². The van der Waals surface area contributed by atoms with Crippen molar-refractivity contribution in [3.63, 3.8) is 0 Å². The van der Waals surface area contributed by atoms with E-state index in [-0.39, 0.29) is 0 Å². The second kappa shape index (κ2) is 5.59. The summed E-state index contributed by atoms with van der Waals surface area (Å²) in [6.07, 6.45) is 0. The molecule has 1 atom stereocenters. The minimum atomic E-state index is -0.524. The van der Waals surface area contributed by atoms with Crippen molar-refractivity contribution >= 4 is 5.91 Å². The Bertz CT molecular complexity index is 474. The minimum absolute atomic E-state index is 0.322. The largest absolute Gasteiger partial charge is 0.492 e. The van der Waals surface area contributed by atoms with E-state index in [1.807, 2.05) is 6.07 Å². The van der Waals surface area contributed by atoms with Crippen LogP contribution in [0.4, 0.5) is 0 Å². The van der Waals surface area contributed by atoms with Gasteiger partial charge in [-0.25, -0.2) is 5.48 Å². The normalized spacial score (nSPS) is 19.5. The smallest absolute Gasteiger partial charge is 0.274 e. The Morgan fingerprint density at radius 1 is 1.53 bits per heavy atom. The van der Waals surface area contributed by atoms with E-state index in [1.165, 1.54) is 0 Å². The highest BCUT2D eigenvalue weighted by Crippen LogP contribution is 2.27. The second-order valence-electron chi connectivity index (χ2n) is 5.19. The van der Waals surface area contributed by atoms with Gasteiger partial charge in [0, 0.05) is 29.8 Å². The topological polar surface area (TPSA) is 61.8 Å².